The average Bonchev–Trinajstić information content (AvgIpc) is 2.37. The summed E-state index contributed by atoms with van der Waals surface area (Å²) in [5.74, 6) is -1.82. The molecule has 0 saturated heterocycles. The molecule has 8 heteroatoms. The van der Waals surface area contributed by atoms with Gasteiger partial charge in [-0.25, -0.2) is 4.79 Å². The molecular weight excluding hydrogens is 288 g/mol. The van der Waals surface area contributed by atoms with Crippen LogP contribution in [0.15, 0.2) is 18.2 Å². The molecule has 1 unspecified atom stereocenters. The summed E-state index contributed by atoms with van der Waals surface area (Å²) in [5, 5.41) is 11.3. The Hall–Kier alpha value is -2.38. The van der Waals surface area contributed by atoms with Crippen molar-refractivity contribution in [3.63, 3.8) is 0 Å². The maximum Gasteiger partial charge on any atom is 0.387 e. The molecule has 0 radical (unpaired) electrons. The van der Waals surface area contributed by atoms with Crippen molar-refractivity contribution in [1.82, 2.24) is 5.32 Å². The number of aliphatic carboxylic acids is 1. The summed E-state index contributed by atoms with van der Waals surface area (Å²) in [7, 11) is 1.30. The number of carbonyl (C=O) groups excluding carboxylic acids is 1. The summed E-state index contributed by atoms with van der Waals surface area (Å²) < 4.78 is 33.8. The Morgan fingerprint density at radius 1 is 1.33 bits per heavy atom. The minimum absolute atomic E-state index is 0.0709. The monoisotopic (exact) mass is 303 g/mol. The van der Waals surface area contributed by atoms with E-state index in [9.17, 15) is 18.4 Å². The van der Waals surface area contributed by atoms with Crippen LogP contribution in [0.25, 0.3) is 0 Å². The van der Waals surface area contributed by atoms with Crippen molar-refractivity contribution in [3.8, 4) is 11.5 Å². The quantitative estimate of drug-likeness (QED) is 0.796. The molecule has 1 aromatic rings. The molecule has 0 heterocycles. The highest BCUT2D eigenvalue weighted by Crippen LogP contribution is 2.29. The zero-order chi connectivity index (χ0) is 16.0. The molecule has 0 aromatic heterocycles. The second-order valence-electron chi connectivity index (χ2n) is 4.16. The van der Waals surface area contributed by atoms with Crippen LogP contribution in [0.4, 0.5) is 8.78 Å². The van der Waals surface area contributed by atoms with Crippen molar-refractivity contribution >= 4 is 11.9 Å². The highest BCUT2D eigenvalue weighted by Gasteiger charge is 2.20. The maximum absolute atomic E-state index is 12.3. The van der Waals surface area contributed by atoms with E-state index in [2.05, 4.69) is 10.1 Å². The normalized spacial score (nSPS) is 11.9. The fraction of sp³-hybridized carbons (Fsp3) is 0.385. The van der Waals surface area contributed by atoms with Gasteiger partial charge in [0, 0.05) is 13.3 Å². The van der Waals surface area contributed by atoms with Gasteiger partial charge in [-0.2, -0.15) is 8.78 Å². The second-order valence-corrected chi connectivity index (χ2v) is 4.16. The summed E-state index contributed by atoms with van der Waals surface area (Å²) in [6.45, 7) is -1.84. The van der Waals surface area contributed by atoms with Gasteiger partial charge in [-0.1, -0.05) is 6.07 Å². The number of halogens is 2. The molecule has 21 heavy (non-hydrogen) atoms. The summed E-state index contributed by atoms with van der Waals surface area (Å²) in [6.07, 6.45) is -0.0709. The van der Waals surface area contributed by atoms with Crippen LogP contribution in [0.5, 0.6) is 11.5 Å². The van der Waals surface area contributed by atoms with Gasteiger partial charge in [0.05, 0.1) is 7.11 Å². The lowest BCUT2D eigenvalue weighted by Crippen LogP contribution is -2.41. The minimum Gasteiger partial charge on any atom is -0.493 e. The first kappa shape index (κ1) is 16.7. The Morgan fingerprint density at radius 3 is 2.48 bits per heavy atom. The van der Waals surface area contributed by atoms with Crippen LogP contribution in [0.1, 0.15) is 12.5 Å². The average molecular weight is 303 g/mol. The third kappa shape index (κ3) is 5.25. The molecule has 0 aliphatic heterocycles. The number of hydrogen-bond acceptors (Lipinski definition) is 4. The van der Waals surface area contributed by atoms with Crippen molar-refractivity contribution in [2.75, 3.05) is 7.11 Å². The smallest absolute Gasteiger partial charge is 0.387 e. The predicted octanol–water partition coefficient (Wildman–Crippen LogP) is 1.43. The highest BCUT2D eigenvalue weighted by atomic mass is 19.3. The van der Waals surface area contributed by atoms with Crippen LogP contribution < -0.4 is 14.8 Å². The molecule has 116 valence electrons. The zero-order valence-electron chi connectivity index (χ0n) is 11.4. The molecule has 0 fully saturated rings. The van der Waals surface area contributed by atoms with E-state index >= 15 is 0 Å². The van der Waals surface area contributed by atoms with Gasteiger partial charge in [0.1, 0.15) is 6.04 Å². The first-order valence-electron chi connectivity index (χ1n) is 5.95. The SMILES string of the molecule is COc1ccc(CC(NC(C)=O)C(=O)O)cc1OC(F)F. The predicted molar refractivity (Wildman–Crippen MR) is 68.6 cm³/mol. The lowest BCUT2D eigenvalue weighted by Gasteiger charge is -2.15. The van der Waals surface area contributed by atoms with E-state index in [0.29, 0.717) is 5.56 Å². The van der Waals surface area contributed by atoms with Crippen molar-refractivity contribution in [2.45, 2.75) is 26.0 Å². The van der Waals surface area contributed by atoms with Gasteiger partial charge >= 0.3 is 12.6 Å². The van der Waals surface area contributed by atoms with E-state index in [4.69, 9.17) is 9.84 Å². The van der Waals surface area contributed by atoms with E-state index < -0.39 is 24.5 Å². The summed E-state index contributed by atoms with van der Waals surface area (Å²) in [4.78, 5) is 22.0. The molecule has 1 rings (SSSR count). The van der Waals surface area contributed by atoms with Crippen LogP contribution in [0, 0.1) is 0 Å². The standard InChI is InChI=1S/C13H15F2NO5/c1-7(17)16-9(12(18)19)5-8-3-4-10(20-2)11(6-8)21-13(14)15/h3-4,6,9,13H,5H2,1-2H3,(H,16,17)(H,18,19). The number of benzene rings is 1. The molecule has 1 aromatic carbocycles. The van der Waals surface area contributed by atoms with Crippen molar-refractivity contribution in [1.29, 1.82) is 0 Å². The Bertz CT molecular complexity index is 521. The third-order valence-corrected chi connectivity index (χ3v) is 2.56. The second kappa shape index (κ2) is 7.41. The fourth-order valence-electron chi connectivity index (χ4n) is 1.72. The molecular formula is C13H15F2NO5. The van der Waals surface area contributed by atoms with Gasteiger partial charge in [0.25, 0.3) is 0 Å². The topological polar surface area (TPSA) is 84.9 Å². The molecule has 0 aliphatic rings. The number of hydrogen-bond donors (Lipinski definition) is 2. The van der Waals surface area contributed by atoms with E-state index in [-0.39, 0.29) is 17.9 Å². The first-order valence-corrected chi connectivity index (χ1v) is 5.95. The van der Waals surface area contributed by atoms with Gasteiger partial charge < -0.3 is 19.9 Å². The Kier molecular flexibility index (Phi) is 5.89. The number of alkyl halides is 2. The summed E-state index contributed by atoms with van der Waals surface area (Å²) >= 11 is 0. The van der Waals surface area contributed by atoms with Gasteiger partial charge in [0.15, 0.2) is 11.5 Å². The molecule has 0 spiro atoms. The number of carboxylic acid groups (broad SMARTS) is 1. The first-order chi connectivity index (χ1) is 9.83. The van der Waals surface area contributed by atoms with Gasteiger partial charge in [-0.15, -0.1) is 0 Å². The van der Waals surface area contributed by atoms with Crippen LogP contribution in [-0.2, 0) is 16.0 Å². The number of ether oxygens (including phenoxy) is 2. The molecule has 1 atom stereocenters. The molecule has 6 nitrogen and oxygen atoms in total. The molecule has 0 aliphatic carbocycles. The van der Waals surface area contributed by atoms with E-state index in [1.54, 1.807) is 0 Å². The minimum atomic E-state index is -3.03. The molecule has 0 saturated carbocycles. The number of nitrogens with one attached hydrogen (secondary N) is 1. The summed E-state index contributed by atoms with van der Waals surface area (Å²) in [5.41, 5.74) is 0.410. The maximum atomic E-state index is 12.3. The fourth-order valence-corrected chi connectivity index (χ4v) is 1.72. The van der Waals surface area contributed by atoms with Crippen molar-refractivity contribution in [3.05, 3.63) is 23.8 Å². The van der Waals surface area contributed by atoms with E-state index in [1.807, 2.05) is 0 Å². The molecule has 2 N–H and O–H groups in total. The Balaban J connectivity index is 2.96. The Morgan fingerprint density at radius 2 is 2.00 bits per heavy atom. The van der Waals surface area contributed by atoms with Crippen molar-refractivity contribution in [2.24, 2.45) is 0 Å². The molecule has 0 bridgehead atoms. The highest BCUT2D eigenvalue weighted by molar-refractivity contribution is 5.82. The van der Waals surface area contributed by atoms with E-state index in [0.717, 1.165) is 0 Å². The largest absolute Gasteiger partial charge is 0.493 e. The Labute approximate surface area is 119 Å². The van der Waals surface area contributed by atoms with Gasteiger partial charge in [-0.05, 0) is 17.7 Å². The number of carbonyl (C=O) groups is 2. The van der Waals surface area contributed by atoms with E-state index in [1.165, 1.54) is 32.2 Å². The number of methoxy groups -OCH3 is 1. The number of amides is 1. The van der Waals surface area contributed by atoms with Gasteiger partial charge in [0.2, 0.25) is 5.91 Å². The third-order valence-electron chi connectivity index (χ3n) is 2.56. The van der Waals surface area contributed by atoms with Crippen LogP contribution >= 0.6 is 0 Å². The lowest BCUT2D eigenvalue weighted by atomic mass is 10.1. The molecule has 1 amide bonds. The van der Waals surface area contributed by atoms with Crippen LogP contribution in [0.2, 0.25) is 0 Å². The van der Waals surface area contributed by atoms with Crippen molar-refractivity contribution < 1.29 is 33.0 Å². The summed E-state index contributed by atoms with van der Waals surface area (Å²) in [6, 6.07) is 2.99. The number of carboxylic acids is 1. The van der Waals surface area contributed by atoms with Gasteiger partial charge in [-0.3, -0.25) is 4.79 Å². The van der Waals surface area contributed by atoms with Crippen LogP contribution in [0.3, 0.4) is 0 Å². The van der Waals surface area contributed by atoms with Crippen LogP contribution in [-0.4, -0.2) is 36.7 Å². The zero-order valence-corrected chi connectivity index (χ0v) is 11.4. The lowest BCUT2D eigenvalue weighted by molar-refractivity contribution is -0.141. The number of rotatable bonds is 7.